The highest BCUT2D eigenvalue weighted by molar-refractivity contribution is 5.71. The molecule has 1 saturated carbocycles. The number of carbonyl (C=O) groups is 1. The smallest absolute Gasteiger partial charge is 0.343 e. The van der Waals surface area contributed by atoms with Gasteiger partial charge in [0.25, 0.3) is 0 Å². The van der Waals surface area contributed by atoms with Crippen LogP contribution in [0.15, 0.2) is 12.1 Å². The Labute approximate surface area is 117 Å². The molecule has 0 atom stereocenters. The van der Waals surface area contributed by atoms with Gasteiger partial charge < -0.3 is 24.3 Å². The molecular weight excluding hydrogens is 262 g/mol. The fourth-order valence-electron chi connectivity index (χ4n) is 1.98. The number of ether oxygens (including phenoxy) is 4. The zero-order chi connectivity index (χ0) is 13.9. The van der Waals surface area contributed by atoms with Crippen LogP contribution in [-0.4, -0.2) is 32.5 Å². The maximum atomic E-state index is 11.2. The van der Waals surface area contributed by atoms with E-state index in [0.29, 0.717) is 29.8 Å². The van der Waals surface area contributed by atoms with Crippen molar-refractivity contribution in [3.05, 3.63) is 17.7 Å². The highest BCUT2D eigenvalue weighted by Crippen LogP contribution is 2.38. The van der Waals surface area contributed by atoms with E-state index in [2.05, 4.69) is 10.1 Å². The largest absolute Gasteiger partial charge is 0.481 e. The third kappa shape index (κ3) is 2.96. The van der Waals surface area contributed by atoms with Crippen molar-refractivity contribution < 1.29 is 23.7 Å². The second-order valence-electron chi connectivity index (χ2n) is 4.83. The minimum absolute atomic E-state index is 0.118. The lowest BCUT2D eigenvalue weighted by Gasteiger charge is -2.12. The summed E-state index contributed by atoms with van der Waals surface area (Å²) >= 11 is 0. The van der Waals surface area contributed by atoms with Crippen LogP contribution >= 0.6 is 0 Å². The Morgan fingerprint density at radius 3 is 2.80 bits per heavy atom. The van der Waals surface area contributed by atoms with Crippen LogP contribution in [0, 0.1) is 0 Å². The molecular formula is C14H17NO5. The lowest BCUT2D eigenvalue weighted by molar-refractivity contribution is -0.142. The molecule has 0 bridgehead atoms. The van der Waals surface area contributed by atoms with E-state index >= 15 is 0 Å². The maximum absolute atomic E-state index is 11.2. The first-order valence-electron chi connectivity index (χ1n) is 6.62. The van der Waals surface area contributed by atoms with Gasteiger partial charge in [-0.15, -0.1) is 0 Å². The van der Waals surface area contributed by atoms with Crippen LogP contribution in [0.3, 0.4) is 0 Å². The third-order valence-electron chi connectivity index (χ3n) is 3.29. The molecule has 1 aliphatic heterocycles. The summed E-state index contributed by atoms with van der Waals surface area (Å²) in [7, 11) is 1.33. The zero-order valence-corrected chi connectivity index (χ0v) is 11.3. The van der Waals surface area contributed by atoms with Gasteiger partial charge in [-0.3, -0.25) is 0 Å². The van der Waals surface area contributed by atoms with E-state index in [0.717, 1.165) is 5.56 Å². The molecule has 0 spiro atoms. The van der Waals surface area contributed by atoms with Gasteiger partial charge in [0.05, 0.1) is 7.11 Å². The number of carbonyl (C=O) groups excluding carboxylic acids is 1. The lowest BCUT2D eigenvalue weighted by Crippen LogP contribution is -2.18. The lowest BCUT2D eigenvalue weighted by atomic mass is 10.1. The van der Waals surface area contributed by atoms with Crippen LogP contribution in [-0.2, 0) is 16.1 Å². The first-order chi connectivity index (χ1) is 9.76. The fourth-order valence-corrected chi connectivity index (χ4v) is 1.98. The molecule has 0 aromatic heterocycles. The minimum Gasteiger partial charge on any atom is -0.481 e. The van der Waals surface area contributed by atoms with E-state index in [4.69, 9.17) is 14.2 Å². The molecule has 20 heavy (non-hydrogen) atoms. The first-order valence-corrected chi connectivity index (χ1v) is 6.62. The molecule has 6 heteroatoms. The predicted molar refractivity (Wildman–Crippen MR) is 69.9 cm³/mol. The van der Waals surface area contributed by atoms with Crippen molar-refractivity contribution in [2.75, 3.05) is 20.5 Å². The van der Waals surface area contributed by atoms with E-state index in [1.165, 1.54) is 20.0 Å². The molecule has 1 N–H and O–H groups in total. The van der Waals surface area contributed by atoms with Crippen molar-refractivity contribution >= 4 is 5.97 Å². The molecule has 0 radical (unpaired) electrons. The Kier molecular flexibility index (Phi) is 3.64. The van der Waals surface area contributed by atoms with E-state index in [-0.39, 0.29) is 13.4 Å². The van der Waals surface area contributed by atoms with Gasteiger partial charge in [-0.05, 0) is 18.9 Å². The topological polar surface area (TPSA) is 66.0 Å². The number of hydrogen-bond acceptors (Lipinski definition) is 6. The summed E-state index contributed by atoms with van der Waals surface area (Å²) in [4.78, 5) is 11.2. The highest BCUT2D eigenvalue weighted by Gasteiger charge is 2.23. The monoisotopic (exact) mass is 279 g/mol. The number of nitrogens with one attached hydrogen (secondary N) is 1. The van der Waals surface area contributed by atoms with E-state index in [9.17, 15) is 4.79 Å². The van der Waals surface area contributed by atoms with Crippen LogP contribution in [0.25, 0.3) is 0 Å². The molecule has 1 aromatic rings. The molecule has 1 fully saturated rings. The van der Waals surface area contributed by atoms with Crippen LogP contribution in [0.5, 0.6) is 17.2 Å². The van der Waals surface area contributed by atoms with Crippen LogP contribution in [0.1, 0.15) is 18.4 Å². The van der Waals surface area contributed by atoms with E-state index in [1.807, 2.05) is 6.07 Å². The standard InChI is InChI=1S/C14H17NO5/c1-17-14(16)7-18-11-5-13-12(19-8-20-13)4-9(11)6-15-10-2-3-10/h4-5,10,15H,2-3,6-8H2,1H3. The summed E-state index contributed by atoms with van der Waals surface area (Å²) in [5.41, 5.74) is 0.949. The number of esters is 1. The normalized spacial score (nSPS) is 16.1. The van der Waals surface area contributed by atoms with Crippen molar-refractivity contribution in [2.45, 2.75) is 25.4 Å². The molecule has 108 valence electrons. The maximum Gasteiger partial charge on any atom is 0.343 e. The van der Waals surface area contributed by atoms with Crippen LogP contribution in [0.2, 0.25) is 0 Å². The molecule has 1 heterocycles. The van der Waals surface area contributed by atoms with Gasteiger partial charge in [0.15, 0.2) is 18.1 Å². The van der Waals surface area contributed by atoms with Crippen molar-refractivity contribution in [3.63, 3.8) is 0 Å². The van der Waals surface area contributed by atoms with Crippen LogP contribution < -0.4 is 19.5 Å². The van der Waals surface area contributed by atoms with Gasteiger partial charge >= 0.3 is 5.97 Å². The average molecular weight is 279 g/mol. The van der Waals surface area contributed by atoms with Gasteiger partial charge in [-0.1, -0.05) is 0 Å². The summed E-state index contributed by atoms with van der Waals surface area (Å²) in [6, 6.07) is 4.24. The van der Waals surface area contributed by atoms with Crippen LogP contribution in [0.4, 0.5) is 0 Å². The van der Waals surface area contributed by atoms with Crippen molar-refractivity contribution in [1.29, 1.82) is 0 Å². The van der Waals surface area contributed by atoms with Gasteiger partial charge in [0.2, 0.25) is 6.79 Å². The van der Waals surface area contributed by atoms with Crippen molar-refractivity contribution in [2.24, 2.45) is 0 Å². The molecule has 3 rings (SSSR count). The Hall–Kier alpha value is -1.95. The Morgan fingerprint density at radius 1 is 1.35 bits per heavy atom. The molecule has 0 unspecified atom stereocenters. The number of hydrogen-bond donors (Lipinski definition) is 1. The molecule has 0 amide bonds. The highest BCUT2D eigenvalue weighted by atomic mass is 16.7. The van der Waals surface area contributed by atoms with Gasteiger partial charge in [0.1, 0.15) is 5.75 Å². The number of methoxy groups -OCH3 is 1. The summed E-state index contributed by atoms with van der Waals surface area (Å²) < 4.78 is 20.8. The molecule has 0 saturated heterocycles. The summed E-state index contributed by atoms with van der Waals surface area (Å²) in [6.45, 7) is 0.773. The number of benzene rings is 1. The Balaban J connectivity index is 1.74. The summed E-state index contributed by atoms with van der Waals surface area (Å²) in [5.74, 6) is 1.56. The second kappa shape index (κ2) is 5.58. The molecule has 1 aromatic carbocycles. The SMILES string of the molecule is COC(=O)COc1cc2c(cc1CNC1CC1)OCO2. The minimum atomic E-state index is -0.413. The van der Waals surface area contributed by atoms with E-state index < -0.39 is 5.97 Å². The van der Waals surface area contributed by atoms with Crippen molar-refractivity contribution in [1.82, 2.24) is 5.32 Å². The van der Waals surface area contributed by atoms with Gasteiger partial charge in [-0.2, -0.15) is 0 Å². The Morgan fingerprint density at radius 2 is 2.10 bits per heavy atom. The summed E-state index contributed by atoms with van der Waals surface area (Å²) in [6.07, 6.45) is 2.42. The second-order valence-corrected chi connectivity index (χ2v) is 4.83. The first kappa shape index (κ1) is 13.1. The third-order valence-corrected chi connectivity index (χ3v) is 3.29. The average Bonchev–Trinajstić information content (AvgIpc) is 3.19. The predicted octanol–water partition coefficient (Wildman–Crippen LogP) is 1.22. The zero-order valence-electron chi connectivity index (χ0n) is 11.3. The quantitative estimate of drug-likeness (QED) is 0.790. The van der Waals surface area contributed by atoms with Gasteiger partial charge in [0, 0.05) is 24.2 Å². The molecule has 2 aliphatic rings. The number of rotatable bonds is 6. The Bertz CT molecular complexity index is 513. The van der Waals surface area contributed by atoms with Gasteiger partial charge in [-0.25, -0.2) is 4.79 Å². The van der Waals surface area contributed by atoms with Crippen molar-refractivity contribution in [3.8, 4) is 17.2 Å². The van der Waals surface area contributed by atoms with E-state index in [1.54, 1.807) is 6.07 Å². The fraction of sp³-hybridized carbons (Fsp3) is 0.500. The summed E-state index contributed by atoms with van der Waals surface area (Å²) in [5, 5.41) is 3.41. The molecule has 6 nitrogen and oxygen atoms in total. The number of fused-ring (bicyclic) bond motifs is 1. The molecule has 1 aliphatic carbocycles.